The summed E-state index contributed by atoms with van der Waals surface area (Å²) in [6.07, 6.45) is 5.34. The van der Waals surface area contributed by atoms with Crippen molar-refractivity contribution in [3.8, 4) is 22.4 Å². The zero-order chi connectivity index (χ0) is 20.5. The number of hydrogen-bond acceptors (Lipinski definition) is 6. The number of aromatic nitrogens is 4. The SMILES string of the molecule is Cc1cc(-c2cnc(N3C[C@@H](C)O[C@@H](C)C3)nc2-c2cnc(F)cc2C)ccn1. The number of halogens is 1. The van der Waals surface area contributed by atoms with E-state index in [0.717, 1.165) is 46.7 Å². The molecule has 0 bridgehead atoms. The lowest BCUT2D eigenvalue weighted by Gasteiger charge is -2.35. The molecule has 4 heterocycles. The van der Waals surface area contributed by atoms with Crippen molar-refractivity contribution in [1.29, 1.82) is 0 Å². The highest BCUT2D eigenvalue weighted by Crippen LogP contribution is 2.33. The van der Waals surface area contributed by atoms with Gasteiger partial charge in [-0.2, -0.15) is 4.39 Å². The highest BCUT2D eigenvalue weighted by Gasteiger charge is 2.25. The molecular weight excluding hydrogens is 369 g/mol. The lowest BCUT2D eigenvalue weighted by molar-refractivity contribution is -0.00571. The number of pyridine rings is 2. The molecule has 0 aromatic carbocycles. The summed E-state index contributed by atoms with van der Waals surface area (Å²) in [5.41, 5.74) is 5.03. The number of ether oxygens (including phenoxy) is 1. The average molecular weight is 393 g/mol. The molecule has 3 aromatic heterocycles. The highest BCUT2D eigenvalue weighted by atomic mass is 19.1. The molecule has 29 heavy (non-hydrogen) atoms. The number of morpholine rings is 1. The zero-order valence-electron chi connectivity index (χ0n) is 17.1. The fourth-order valence-electron chi connectivity index (χ4n) is 3.77. The van der Waals surface area contributed by atoms with Gasteiger partial charge in [-0.15, -0.1) is 0 Å². The van der Waals surface area contributed by atoms with Crippen LogP contribution in [0.5, 0.6) is 0 Å². The van der Waals surface area contributed by atoms with Gasteiger partial charge in [0, 0.05) is 48.5 Å². The van der Waals surface area contributed by atoms with Crippen LogP contribution in [0.15, 0.2) is 36.8 Å². The van der Waals surface area contributed by atoms with E-state index in [4.69, 9.17) is 9.72 Å². The average Bonchev–Trinajstić information content (AvgIpc) is 2.67. The first-order valence-electron chi connectivity index (χ1n) is 9.73. The summed E-state index contributed by atoms with van der Waals surface area (Å²) in [7, 11) is 0. The highest BCUT2D eigenvalue weighted by molar-refractivity contribution is 5.82. The summed E-state index contributed by atoms with van der Waals surface area (Å²) in [5.74, 6) is 0.137. The minimum atomic E-state index is -0.502. The van der Waals surface area contributed by atoms with Gasteiger partial charge in [-0.25, -0.2) is 15.0 Å². The van der Waals surface area contributed by atoms with Crippen molar-refractivity contribution in [2.45, 2.75) is 39.9 Å². The zero-order valence-corrected chi connectivity index (χ0v) is 17.1. The van der Waals surface area contributed by atoms with E-state index in [0.29, 0.717) is 5.95 Å². The van der Waals surface area contributed by atoms with Gasteiger partial charge in [-0.05, 0) is 57.0 Å². The van der Waals surface area contributed by atoms with Crippen LogP contribution >= 0.6 is 0 Å². The maximum absolute atomic E-state index is 13.6. The van der Waals surface area contributed by atoms with E-state index in [2.05, 4.69) is 19.9 Å². The molecule has 1 aliphatic heterocycles. The van der Waals surface area contributed by atoms with Crippen molar-refractivity contribution in [3.63, 3.8) is 0 Å². The van der Waals surface area contributed by atoms with Crippen molar-refractivity contribution in [2.24, 2.45) is 0 Å². The van der Waals surface area contributed by atoms with Gasteiger partial charge in [0.15, 0.2) is 0 Å². The van der Waals surface area contributed by atoms with E-state index < -0.39 is 5.95 Å². The minimum Gasteiger partial charge on any atom is -0.372 e. The maximum atomic E-state index is 13.6. The Labute approximate surface area is 169 Å². The molecule has 1 fully saturated rings. The summed E-state index contributed by atoms with van der Waals surface area (Å²) in [4.78, 5) is 19.8. The molecule has 6 nitrogen and oxygen atoms in total. The number of aryl methyl sites for hydroxylation is 2. The predicted molar refractivity (Wildman–Crippen MR) is 110 cm³/mol. The second-order valence-electron chi connectivity index (χ2n) is 7.60. The molecule has 0 amide bonds. The molecule has 0 N–H and O–H groups in total. The molecule has 1 aliphatic rings. The Morgan fingerprint density at radius 1 is 1.00 bits per heavy atom. The smallest absolute Gasteiger partial charge is 0.226 e. The lowest BCUT2D eigenvalue weighted by Crippen LogP contribution is -2.46. The number of hydrogen-bond donors (Lipinski definition) is 0. The first-order valence-corrected chi connectivity index (χ1v) is 9.73. The molecule has 3 aromatic rings. The Morgan fingerprint density at radius 3 is 2.41 bits per heavy atom. The second kappa shape index (κ2) is 7.83. The summed E-state index contributed by atoms with van der Waals surface area (Å²) in [6, 6.07) is 5.35. The van der Waals surface area contributed by atoms with Crippen LogP contribution in [0.3, 0.4) is 0 Å². The van der Waals surface area contributed by atoms with Crippen molar-refractivity contribution in [3.05, 3.63) is 54.0 Å². The van der Waals surface area contributed by atoms with Crippen molar-refractivity contribution >= 4 is 5.95 Å². The Bertz CT molecular complexity index is 1030. The van der Waals surface area contributed by atoms with Crippen LogP contribution in [-0.2, 0) is 4.74 Å². The van der Waals surface area contributed by atoms with Gasteiger partial charge in [0.1, 0.15) is 0 Å². The summed E-state index contributed by atoms with van der Waals surface area (Å²) in [5, 5.41) is 0. The van der Waals surface area contributed by atoms with Crippen LogP contribution in [0, 0.1) is 19.8 Å². The molecule has 0 saturated carbocycles. The third-order valence-corrected chi connectivity index (χ3v) is 5.02. The minimum absolute atomic E-state index is 0.0996. The number of rotatable bonds is 3. The van der Waals surface area contributed by atoms with E-state index in [9.17, 15) is 4.39 Å². The molecule has 150 valence electrons. The van der Waals surface area contributed by atoms with E-state index in [1.54, 1.807) is 12.4 Å². The summed E-state index contributed by atoms with van der Waals surface area (Å²) >= 11 is 0. The Morgan fingerprint density at radius 2 is 1.72 bits per heavy atom. The van der Waals surface area contributed by atoms with Gasteiger partial charge in [-0.1, -0.05) is 0 Å². The molecule has 7 heteroatoms. The topological polar surface area (TPSA) is 64.0 Å². The third-order valence-electron chi connectivity index (χ3n) is 5.02. The normalized spacial score (nSPS) is 19.4. The van der Waals surface area contributed by atoms with Crippen LogP contribution in [0.2, 0.25) is 0 Å². The van der Waals surface area contributed by atoms with Crippen molar-refractivity contribution in [2.75, 3.05) is 18.0 Å². The Hall–Kier alpha value is -2.93. The van der Waals surface area contributed by atoms with Crippen LogP contribution < -0.4 is 4.90 Å². The third kappa shape index (κ3) is 4.10. The van der Waals surface area contributed by atoms with E-state index in [1.165, 1.54) is 6.07 Å². The molecule has 2 atom stereocenters. The molecule has 0 aliphatic carbocycles. The Kier molecular flexibility index (Phi) is 5.24. The van der Waals surface area contributed by atoms with Crippen LogP contribution in [0.1, 0.15) is 25.1 Å². The first-order chi connectivity index (χ1) is 13.9. The fourth-order valence-corrected chi connectivity index (χ4v) is 3.77. The van der Waals surface area contributed by atoms with Crippen LogP contribution in [-0.4, -0.2) is 45.2 Å². The van der Waals surface area contributed by atoms with Crippen LogP contribution in [0.25, 0.3) is 22.4 Å². The monoisotopic (exact) mass is 393 g/mol. The summed E-state index contributed by atoms with van der Waals surface area (Å²) < 4.78 is 19.5. The van der Waals surface area contributed by atoms with E-state index >= 15 is 0 Å². The number of anilines is 1. The number of nitrogens with zero attached hydrogens (tertiary/aromatic N) is 5. The molecule has 4 rings (SSSR count). The van der Waals surface area contributed by atoms with E-state index in [1.807, 2.05) is 46.0 Å². The summed E-state index contributed by atoms with van der Waals surface area (Å²) in [6.45, 7) is 9.34. The molecule has 0 radical (unpaired) electrons. The Balaban J connectivity index is 1.86. The maximum Gasteiger partial charge on any atom is 0.226 e. The van der Waals surface area contributed by atoms with Gasteiger partial charge < -0.3 is 9.64 Å². The van der Waals surface area contributed by atoms with Gasteiger partial charge in [-0.3, -0.25) is 4.98 Å². The quantitative estimate of drug-likeness (QED) is 0.628. The molecular formula is C22H24FN5O. The first kappa shape index (κ1) is 19.4. The van der Waals surface area contributed by atoms with Crippen molar-refractivity contribution < 1.29 is 9.13 Å². The van der Waals surface area contributed by atoms with Crippen molar-refractivity contribution in [1.82, 2.24) is 19.9 Å². The van der Waals surface area contributed by atoms with Crippen LogP contribution in [0.4, 0.5) is 10.3 Å². The fraction of sp³-hybridized carbons (Fsp3) is 0.364. The van der Waals surface area contributed by atoms with Gasteiger partial charge in [0.2, 0.25) is 11.9 Å². The van der Waals surface area contributed by atoms with Gasteiger partial charge in [0.25, 0.3) is 0 Å². The standard InChI is InChI=1S/C22H24FN5O/c1-13-7-20(23)25-9-18(13)21-19(17-5-6-24-14(2)8-17)10-26-22(27-21)28-11-15(3)29-16(4)12-28/h5-10,15-16H,11-12H2,1-4H3/t15-,16+. The lowest BCUT2D eigenvalue weighted by atomic mass is 9.99. The largest absolute Gasteiger partial charge is 0.372 e. The van der Waals surface area contributed by atoms with E-state index in [-0.39, 0.29) is 12.2 Å². The molecule has 1 saturated heterocycles. The van der Waals surface area contributed by atoms with Gasteiger partial charge >= 0.3 is 0 Å². The predicted octanol–water partition coefficient (Wildman–Crippen LogP) is 3.97. The second-order valence-corrected chi connectivity index (χ2v) is 7.60. The van der Waals surface area contributed by atoms with Gasteiger partial charge in [0.05, 0.1) is 17.9 Å². The molecule has 0 unspecified atom stereocenters. The molecule has 0 spiro atoms.